The van der Waals surface area contributed by atoms with E-state index in [0.29, 0.717) is 11.7 Å². The van der Waals surface area contributed by atoms with Gasteiger partial charge in [-0.3, -0.25) is 0 Å². The number of nitrogens with one attached hydrogen (secondary N) is 1. The summed E-state index contributed by atoms with van der Waals surface area (Å²) in [5, 5.41) is 7.27. The van der Waals surface area contributed by atoms with Crippen molar-refractivity contribution >= 4 is 0 Å². The summed E-state index contributed by atoms with van der Waals surface area (Å²) in [4.78, 5) is 4.37. The highest BCUT2D eigenvalue weighted by molar-refractivity contribution is 5.53. The van der Waals surface area contributed by atoms with E-state index in [1.165, 1.54) is 12.1 Å². The maximum Gasteiger partial charge on any atom is 0.231 e. The summed E-state index contributed by atoms with van der Waals surface area (Å²) in [6.45, 7) is 7.07. The van der Waals surface area contributed by atoms with Crippen molar-refractivity contribution in [2.24, 2.45) is 0 Å². The zero-order valence-corrected chi connectivity index (χ0v) is 11.4. The molecule has 2 unspecified atom stereocenters. The van der Waals surface area contributed by atoms with Crippen LogP contribution in [0.1, 0.15) is 32.6 Å². The van der Waals surface area contributed by atoms with Crippen molar-refractivity contribution in [1.82, 2.24) is 15.5 Å². The van der Waals surface area contributed by atoms with Crippen molar-refractivity contribution in [2.45, 2.75) is 32.7 Å². The molecule has 5 heteroatoms. The van der Waals surface area contributed by atoms with Gasteiger partial charge in [0.15, 0.2) is 0 Å². The predicted octanol–water partition coefficient (Wildman–Crippen LogP) is 2.98. The smallest absolute Gasteiger partial charge is 0.231 e. The molecule has 0 fully saturated rings. The van der Waals surface area contributed by atoms with E-state index in [-0.39, 0.29) is 17.8 Å². The molecule has 0 aliphatic rings. The van der Waals surface area contributed by atoms with Gasteiger partial charge < -0.3 is 9.84 Å². The number of nitrogens with zero attached hydrogens (tertiary/aromatic N) is 2. The molecule has 1 heterocycles. The average Bonchev–Trinajstić information content (AvgIpc) is 2.88. The number of likely N-dealkylation sites (N-methyl/N-ethyl adjacent to an activating group) is 1. The van der Waals surface area contributed by atoms with Gasteiger partial charge in [-0.25, -0.2) is 4.39 Å². The summed E-state index contributed by atoms with van der Waals surface area (Å²) >= 11 is 0. The van der Waals surface area contributed by atoms with Crippen LogP contribution in [0.5, 0.6) is 0 Å². The Hall–Kier alpha value is -1.75. The van der Waals surface area contributed by atoms with E-state index in [1.807, 2.05) is 6.92 Å². The Morgan fingerprint density at radius 3 is 2.58 bits per heavy atom. The predicted molar refractivity (Wildman–Crippen MR) is 71.2 cm³/mol. The average molecular weight is 263 g/mol. The molecule has 0 aliphatic heterocycles. The van der Waals surface area contributed by atoms with Crippen molar-refractivity contribution in [3.05, 3.63) is 36.0 Å². The van der Waals surface area contributed by atoms with Gasteiger partial charge in [0.05, 0.1) is 5.92 Å². The highest BCUT2D eigenvalue weighted by Crippen LogP contribution is 2.21. The van der Waals surface area contributed by atoms with E-state index in [9.17, 15) is 4.39 Å². The number of hydrogen-bond acceptors (Lipinski definition) is 4. The van der Waals surface area contributed by atoms with Gasteiger partial charge in [-0.15, -0.1) is 0 Å². The molecular formula is C14H18FN3O. The fraction of sp³-hybridized carbons (Fsp3) is 0.429. The summed E-state index contributed by atoms with van der Waals surface area (Å²) in [7, 11) is 0. The molecule has 102 valence electrons. The third kappa shape index (κ3) is 3.17. The second-order valence-electron chi connectivity index (χ2n) is 4.60. The lowest BCUT2D eigenvalue weighted by atomic mass is 10.0. The SMILES string of the molecule is CCNC(C)C(C)c1nc(-c2ccc(F)cc2)no1. The zero-order valence-electron chi connectivity index (χ0n) is 11.4. The van der Waals surface area contributed by atoms with E-state index < -0.39 is 0 Å². The van der Waals surface area contributed by atoms with Crippen LogP contribution in [0.4, 0.5) is 4.39 Å². The Morgan fingerprint density at radius 1 is 1.26 bits per heavy atom. The molecule has 0 radical (unpaired) electrons. The van der Waals surface area contributed by atoms with Crippen LogP contribution in [0.25, 0.3) is 11.4 Å². The van der Waals surface area contributed by atoms with Gasteiger partial charge in [0.2, 0.25) is 11.7 Å². The van der Waals surface area contributed by atoms with Gasteiger partial charge in [-0.1, -0.05) is 19.0 Å². The Morgan fingerprint density at radius 2 is 1.95 bits per heavy atom. The van der Waals surface area contributed by atoms with Crippen LogP contribution in [0.15, 0.2) is 28.8 Å². The van der Waals surface area contributed by atoms with E-state index in [2.05, 4.69) is 29.3 Å². The number of hydrogen-bond donors (Lipinski definition) is 1. The molecule has 0 spiro atoms. The molecule has 0 bridgehead atoms. The Labute approximate surface area is 112 Å². The number of aromatic nitrogens is 2. The van der Waals surface area contributed by atoms with Crippen LogP contribution in [-0.2, 0) is 0 Å². The standard InChI is InChI=1S/C14H18FN3O/c1-4-16-10(3)9(2)14-17-13(18-19-14)11-5-7-12(15)8-6-11/h5-10,16H,4H2,1-3H3. The van der Waals surface area contributed by atoms with Gasteiger partial charge >= 0.3 is 0 Å². The molecule has 0 amide bonds. The van der Waals surface area contributed by atoms with Crippen molar-refractivity contribution in [3.8, 4) is 11.4 Å². The normalized spacial score (nSPS) is 14.3. The summed E-state index contributed by atoms with van der Waals surface area (Å²) in [5.74, 6) is 0.932. The van der Waals surface area contributed by atoms with E-state index in [0.717, 1.165) is 12.1 Å². The maximum atomic E-state index is 12.9. The fourth-order valence-corrected chi connectivity index (χ4v) is 1.85. The topological polar surface area (TPSA) is 51.0 Å². The molecule has 1 N–H and O–H groups in total. The molecule has 1 aromatic heterocycles. The molecular weight excluding hydrogens is 245 g/mol. The Balaban J connectivity index is 2.16. The molecule has 19 heavy (non-hydrogen) atoms. The minimum absolute atomic E-state index is 0.127. The van der Waals surface area contributed by atoms with Crippen LogP contribution >= 0.6 is 0 Å². The zero-order chi connectivity index (χ0) is 13.8. The first-order chi connectivity index (χ1) is 9.11. The summed E-state index contributed by atoms with van der Waals surface area (Å²) in [5.41, 5.74) is 0.750. The van der Waals surface area contributed by atoms with Crippen molar-refractivity contribution in [2.75, 3.05) is 6.54 Å². The lowest BCUT2D eigenvalue weighted by Gasteiger charge is -2.16. The van der Waals surface area contributed by atoms with E-state index in [1.54, 1.807) is 12.1 Å². The first kappa shape index (κ1) is 13.7. The van der Waals surface area contributed by atoms with Crippen LogP contribution < -0.4 is 5.32 Å². The van der Waals surface area contributed by atoms with E-state index in [4.69, 9.17) is 4.52 Å². The molecule has 2 aromatic rings. The summed E-state index contributed by atoms with van der Waals surface area (Å²) < 4.78 is 18.1. The molecule has 4 nitrogen and oxygen atoms in total. The number of halogens is 1. The first-order valence-corrected chi connectivity index (χ1v) is 6.44. The Kier molecular flexibility index (Phi) is 4.27. The number of benzene rings is 1. The molecule has 2 rings (SSSR count). The summed E-state index contributed by atoms with van der Waals surface area (Å²) in [6, 6.07) is 6.31. The lowest BCUT2D eigenvalue weighted by molar-refractivity contribution is 0.332. The molecule has 0 saturated heterocycles. The van der Waals surface area contributed by atoms with Crippen LogP contribution in [0.2, 0.25) is 0 Å². The highest BCUT2D eigenvalue weighted by atomic mass is 19.1. The third-order valence-electron chi connectivity index (χ3n) is 3.21. The lowest BCUT2D eigenvalue weighted by Crippen LogP contribution is -2.30. The molecule has 1 aromatic carbocycles. The summed E-state index contributed by atoms with van der Waals surface area (Å²) in [6.07, 6.45) is 0. The largest absolute Gasteiger partial charge is 0.339 e. The maximum absolute atomic E-state index is 12.9. The van der Waals surface area contributed by atoms with Crippen molar-refractivity contribution in [1.29, 1.82) is 0 Å². The van der Waals surface area contributed by atoms with Gasteiger partial charge in [-0.05, 0) is 37.7 Å². The minimum Gasteiger partial charge on any atom is -0.339 e. The number of rotatable bonds is 5. The monoisotopic (exact) mass is 263 g/mol. The van der Waals surface area contributed by atoms with E-state index >= 15 is 0 Å². The minimum atomic E-state index is -0.276. The van der Waals surface area contributed by atoms with Crippen LogP contribution in [0, 0.1) is 5.82 Å². The van der Waals surface area contributed by atoms with Crippen LogP contribution in [-0.4, -0.2) is 22.7 Å². The Bertz CT molecular complexity index is 524. The third-order valence-corrected chi connectivity index (χ3v) is 3.21. The van der Waals surface area contributed by atoms with Gasteiger partial charge in [0.25, 0.3) is 0 Å². The molecule has 0 aliphatic carbocycles. The van der Waals surface area contributed by atoms with Gasteiger partial charge in [0, 0.05) is 11.6 Å². The van der Waals surface area contributed by atoms with Crippen molar-refractivity contribution in [3.63, 3.8) is 0 Å². The quantitative estimate of drug-likeness (QED) is 0.901. The molecule has 2 atom stereocenters. The van der Waals surface area contributed by atoms with Crippen LogP contribution in [0.3, 0.4) is 0 Å². The van der Waals surface area contributed by atoms with Gasteiger partial charge in [-0.2, -0.15) is 4.98 Å². The second kappa shape index (κ2) is 5.93. The second-order valence-corrected chi connectivity index (χ2v) is 4.60. The fourth-order valence-electron chi connectivity index (χ4n) is 1.85. The molecule has 0 saturated carbocycles. The highest BCUT2D eigenvalue weighted by Gasteiger charge is 2.20. The first-order valence-electron chi connectivity index (χ1n) is 6.44. The van der Waals surface area contributed by atoms with Gasteiger partial charge in [0.1, 0.15) is 5.82 Å². The van der Waals surface area contributed by atoms with Crippen molar-refractivity contribution < 1.29 is 8.91 Å².